The third-order valence-electron chi connectivity index (χ3n) is 3.53. The first-order valence-electron chi connectivity index (χ1n) is 6.47. The molecule has 1 aliphatic rings. The second-order valence-electron chi connectivity index (χ2n) is 5.00. The highest BCUT2D eigenvalue weighted by Gasteiger charge is 2.20. The number of nitrogens with zero attached hydrogens (tertiary/aromatic N) is 2. The Bertz CT molecular complexity index is 522. The fourth-order valence-corrected chi connectivity index (χ4v) is 3.63. The van der Waals surface area contributed by atoms with E-state index in [4.69, 9.17) is 5.73 Å². The Kier molecular flexibility index (Phi) is 4.44. The van der Waals surface area contributed by atoms with Gasteiger partial charge < -0.3 is 10.6 Å². The van der Waals surface area contributed by atoms with E-state index in [2.05, 4.69) is 16.8 Å². The molecule has 0 amide bonds. The maximum Gasteiger partial charge on any atom is 0.181 e. The van der Waals surface area contributed by atoms with E-state index >= 15 is 0 Å². The van der Waals surface area contributed by atoms with Crippen LogP contribution in [0.1, 0.15) is 0 Å². The largest absolute Gasteiger partial charge is 0.398 e. The highest BCUT2D eigenvalue weighted by atomic mass is 32.2. The van der Waals surface area contributed by atoms with E-state index in [1.54, 1.807) is 24.3 Å². The predicted molar refractivity (Wildman–Crippen MR) is 76.8 cm³/mol. The van der Waals surface area contributed by atoms with E-state index in [0.29, 0.717) is 12.2 Å². The molecule has 0 bridgehead atoms. The third-order valence-corrected chi connectivity index (χ3v) is 5.29. The molecule has 0 spiro atoms. The molecule has 0 aromatic heterocycles. The molecule has 6 heteroatoms. The predicted octanol–water partition coefficient (Wildman–Crippen LogP) is 0.290. The number of hydrogen-bond acceptors (Lipinski definition) is 5. The van der Waals surface area contributed by atoms with Gasteiger partial charge in [-0.15, -0.1) is 0 Å². The molecular weight excluding hydrogens is 262 g/mol. The van der Waals surface area contributed by atoms with Crippen molar-refractivity contribution in [1.82, 2.24) is 9.80 Å². The van der Waals surface area contributed by atoms with Gasteiger partial charge in [-0.2, -0.15) is 0 Å². The highest BCUT2D eigenvalue weighted by molar-refractivity contribution is 7.91. The van der Waals surface area contributed by atoms with Crippen LogP contribution in [0.4, 0.5) is 5.69 Å². The molecule has 1 fully saturated rings. The normalized spacial score (nSPS) is 18.6. The summed E-state index contributed by atoms with van der Waals surface area (Å²) in [4.78, 5) is 4.70. The molecule has 1 aromatic rings. The van der Waals surface area contributed by atoms with Crippen LogP contribution in [0.15, 0.2) is 29.2 Å². The number of likely N-dealkylation sites (N-methyl/N-ethyl adjacent to an activating group) is 1. The van der Waals surface area contributed by atoms with Crippen molar-refractivity contribution in [3.63, 3.8) is 0 Å². The van der Waals surface area contributed by atoms with E-state index in [9.17, 15) is 8.42 Å². The van der Waals surface area contributed by atoms with Gasteiger partial charge in [0, 0.05) is 32.7 Å². The van der Waals surface area contributed by atoms with Gasteiger partial charge in [-0.1, -0.05) is 12.1 Å². The van der Waals surface area contributed by atoms with Crippen LogP contribution < -0.4 is 5.73 Å². The second kappa shape index (κ2) is 5.90. The molecule has 1 aliphatic heterocycles. The molecule has 0 radical (unpaired) electrons. The number of anilines is 1. The van der Waals surface area contributed by atoms with E-state index in [1.165, 1.54) is 0 Å². The molecule has 5 nitrogen and oxygen atoms in total. The molecule has 2 rings (SSSR count). The van der Waals surface area contributed by atoms with Gasteiger partial charge in [-0.3, -0.25) is 4.90 Å². The summed E-state index contributed by atoms with van der Waals surface area (Å²) in [6.45, 7) is 4.41. The zero-order valence-corrected chi connectivity index (χ0v) is 12.1. The molecular formula is C13H21N3O2S. The van der Waals surface area contributed by atoms with Crippen LogP contribution in [-0.2, 0) is 9.84 Å². The third kappa shape index (κ3) is 3.68. The average molecular weight is 283 g/mol. The van der Waals surface area contributed by atoms with Gasteiger partial charge in [0.05, 0.1) is 16.3 Å². The molecule has 2 N–H and O–H groups in total. The summed E-state index contributed by atoms with van der Waals surface area (Å²) in [6.07, 6.45) is 0. The molecule has 0 saturated carbocycles. The van der Waals surface area contributed by atoms with Gasteiger partial charge in [-0.05, 0) is 19.2 Å². The maximum atomic E-state index is 12.2. The molecule has 1 heterocycles. The van der Waals surface area contributed by atoms with E-state index in [-0.39, 0.29) is 10.6 Å². The van der Waals surface area contributed by atoms with Crippen molar-refractivity contribution in [2.75, 3.05) is 51.3 Å². The summed E-state index contributed by atoms with van der Waals surface area (Å²) < 4.78 is 24.5. The summed E-state index contributed by atoms with van der Waals surface area (Å²) in [5, 5.41) is 0. The quantitative estimate of drug-likeness (QED) is 0.805. The molecule has 0 atom stereocenters. The number of rotatable bonds is 4. The summed E-state index contributed by atoms with van der Waals surface area (Å²) in [6, 6.07) is 6.66. The lowest BCUT2D eigenvalue weighted by atomic mass is 10.3. The smallest absolute Gasteiger partial charge is 0.181 e. The molecule has 0 aliphatic carbocycles. The minimum atomic E-state index is -3.28. The first-order chi connectivity index (χ1) is 8.99. The highest BCUT2D eigenvalue weighted by Crippen LogP contribution is 2.18. The summed E-state index contributed by atoms with van der Waals surface area (Å²) >= 11 is 0. The fraction of sp³-hybridized carbons (Fsp3) is 0.538. The molecule has 19 heavy (non-hydrogen) atoms. The van der Waals surface area contributed by atoms with Crippen LogP contribution in [0.5, 0.6) is 0 Å². The number of nitrogens with two attached hydrogens (primary N) is 1. The van der Waals surface area contributed by atoms with Crippen LogP contribution in [0.3, 0.4) is 0 Å². The molecule has 1 saturated heterocycles. The Balaban J connectivity index is 1.97. The monoisotopic (exact) mass is 283 g/mol. The summed E-state index contributed by atoms with van der Waals surface area (Å²) in [5.74, 6) is 0.130. The Morgan fingerprint density at radius 2 is 1.79 bits per heavy atom. The second-order valence-corrected chi connectivity index (χ2v) is 7.08. The average Bonchev–Trinajstić information content (AvgIpc) is 2.38. The number of piperazine rings is 1. The first kappa shape index (κ1) is 14.3. The Morgan fingerprint density at radius 1 is 1.16 bits per heavy atom. The number of benzene rings is 1. The Hall–Kier alpha value is -1.11. The van der Waals surface area contributed by atoms with Crippen LogP contribution in [-0.4, -0.2) is 63.7 Å². The van der Waals surface area contributed by atoms with E-state index in [1.807, 2.05) is 0 Å². The zero-order chi connectivity index (χ0) is 13.9. The van der Waals surface area contributed by atoms with Crippen molar-refractivity contribution in [1.29, 1.82) is 0 Å². The number of sulfone groups is 1. The van der Waals surface area contributed by atoms with Crippen molar-refractivity contribution in [3.05, 3.63) is 24.3 Å². The standard InChI is InChI=1S/C13H21N3O2S/c1-15-6-8-16(9-7-15)10-11-19(17,18)13-5-3-2-4-12(13)14/h2-5H,6-11,14H2,1H3. The Labute approximate surface area is 114 Å². The minimum absolute atomic E-state index is 0.130. The van der Waals surface area contributed by atoms with Crippen molar-refractivity contribution in [2.45, 2.75) is 4.90 Å². The van der Waals surface area contributed by atoms with Crippen LogP contribution in [0.2, 0.25) is 0 Å². The van der Waals surface area contributed by atoms with Gasteiger partial charge in [-0.25, -0.2) is 8.42 Å². The van der Waals surface area contributed by atoms with Gasteiger partial charge >= 0.3 is 0 Å². The van der Waals surface area contributed by atoms with Gasteiger partial charge in [0.25, 0.3) is 0 Å². The van der Waals surface area contributed by atoms with E-state index < -0.39 is 9.84 Å². The van der Waals surface area contributed by atoms with Crippen molar-refractivity contribution in [3.8, 4) is 0 Å². The van der Waals surface area contributed by atoms with Crippen molar-refractivity contribution >= 4 is 15.5 Å². The molecule has 0 unspecified atom stereocenters. The number of para-hydroxylation sites is 1. The lowest BCUT2D eigenvalue weighted by molar-refractivity contribution is 0.161. The number of nitrogen functional groups attached to an aromatic ring is 1. The van der Waals surface area contributed by atoms with Gasteiger partial charge in [0.15, 0.2) is 9.84 Å². The topological polar surface area (TPSA) is 66.6 Å². The van der Waals surface area contributed by atoms with Crippen LogP contribution in [0, 0.1) is 0 Å². The van der Waals surface area contributed by atoms with Gasteiger partial charge in [0.1, 0.15) is 0 Å². The van der Waals surface area contributed by atoms with Crippen LogP contribution >= 0.6 is 0 Å². The number of hydrogen-bond donors (Lipinski definition) is 1. The first-order valence-corrected chi connectivity index (χ1v) is 8.12. The Morgan fingerprint density at radius 3 is 2.42 bits per heavy atom. The van der Waals surface area contributed by atoms with Crippen LogP contribution in [0.25, 0.3) is 0 Å². The summed E-state index contributed by atoms with van der Waals surface area (Å²) in [5.41, 5.74) is 6.07. The van der Waals surface area contributed by atoms with Crippen molar-refractivity contribution < 1.29 is 8.42 Å². The lowest BCUT2D eigenvalue weighted by Gasteiger charge is -2.32. The summed E-state index contributed by atoms with van der Waals surface area (Å²) in [7, 11) is -1.20. The molecule has 106 valence electrons. The lowest BCUT2D eigenvalue weighted by Crippen LogP contribution is -2.45. The van der Waals surface area contributed by atoms with Gasteiger partial charge in [0.2, 0.25) is 0 Å². The van der Waals surface area contributed by atoms with Crippen molar-refractivity contribution in [2.24, 2.45) is 0 Å². The minimum Gasteiger partial charge on any atom is -0.398 e. The maximum absolute atomic E-state index is 12.2. The fourth-order valence-electron chi connectivity index (χ4n) is 2.19. The molecule has 1 aromatic carbocycles. The zero-order valence-electron chi connectivity index (χ0n) is 11.2. The van der Waals surface area contributed by atoms with E-state index in [0.717, 1.165) is 26.2 Å². The SMILES string of the molecule is CN1CCN(CCS(=O)(=O)c2ccccc2N)CC1.